The molecule has 0 aromatic rings. The summed E-state index contributed by atoms with van der Waals surface area (Å²) in [4.78, 5) is 13.5. The number of nitrogens with two attached hydrogens (primary N) is 1. The van der Waals surface area contributed by atoms with Gasteiger partial charge in [0.15, 0.2) is 0 Å². The molecule has 17 heavy (non-hydrogen) atoms. The Labute approximate surface area is 105 Å². The van der Waals surface area contributed by atoms with Gasteiger partial charge in [0.25, 0.3) is 0 Å². The van der Waals surface area contributed by atoms with Crippen LogP contribution in [0.15, 0.2) is 0 Å². The Morgan fingerprint density at radius 2 is 1.88 bits per heavy atom. The third-order valence-electron chi connectivity index (χ3n) is 3.48. The van der Waals surface area contributed by atoms with E-state index in [1.807, 2.05) is 0 Å². The zero-order valence-electron chi connectivity index (χ0n) is 11.2. The highest BCUT2D eigenvalue weighted by Gasteiger charge is 2.20. The lowest BCUT2D eigenvalue weighted by molar-refractivity contribution is -0.121. The molecular weight excluding hydrogens is 214 g/mol. The maximum absolute atomic E-state index is 10.9. The number of nitrogens with zero attached hydrogens (tertiary/aromatic N) is 1. The number of unbranched alkanes of at least 4 members (excludes halogenated alkanes) is 2. The monoisotopic (exact) mass is 241 g/mol. The molecule has 1 aliphatic rings. The number of hydrazine groups is 1. The van der Waals surface area contributed by atoms with Gasteiger partial charge in [-0.25, -0.2) is 5.84 Å². The lowest BCUT2D eigenvalue weighted by Crippen LogP contribution is -2.39. The number of piperidine rings is 1. The van der Waals surface area contributed by atoms with E-state index < -0.39 is 0 Å². The average molecular weight is 241 g/mol. The lowest BCUT2D eigenvalue weighted by atomic mass is 9.92. The molecule has 1 saturated heterocycles. The molecule has 1 aliphatic heterocycles. The van der Waals surface area contributed by atoms with Crippen LogP contribution >= 0.6 is 0 Å². The molecule has 0 spiro atoms. The summed E-state index contributed by atoms with van der Waals surface area (Å²) in [5.74, 6) is 6.65. The molecule has 0 aromatic heterocycles. The summed E-state index contributed by atoms with van der Waals surface area (Å²) in [7, 11) is 0. The molecule has 1 fully saturated rings. The van der Waals surface area contributed by atoms with Gasteiger partial charge in [0.1, 0.15) is 0 Å². The largest absolute Gasteiger partial charge is 0.303 e. The fourth-order valence-electron chi connectivity index (χ4n) is 2.84. The predicted octanol–water partition coefficient (Wildman–Crippen LogP) is 1.51. The number of amides is 1. The Balaban J connectivity index is 2.04. The maximum atomic E-state index is 10.9. The first-order chi connectivity index (χ1) is 8.11. The fourth-order valence-corrected chi connectivity index (χ4v) is 2.84. The Hall–Kier alpha value is -0.610. The Bertz CT molecular complexity index is 223. The smallest absolute Gasteiger partial charge is 0.233 e. The van der Waals surface area contributed by atoms with Crippen molar-refractivity contribution in [3.05, 3.63) is 0 Å². The third kappa shape index (κ3) is 6.03. The molecule has 4 heteroatoms. The van der Waals surface area contributed by atoms with Gasteiger partial charge in [-0.3, -0.25) is 10.2 Å². The molecule has 100 valence electrons. The fraction of sp³-hybridized carbons (Fsp3) is 0.923. The Morgan fingerprint density at radius 1 is 1.24 bits per heavy atom. The van der Waals surface area contributed by atoms with Crippen molar-refractivity contribution < 1.29 is 4.79 Å². The molecule has 0 radical (unpaired) electrons. The van der Waals surface area contributed by atoms with Crippen molar-refractivity contribution in [1.82, 2.24) is 10.3 Å². The van der Waals surface area contributed by atoms with Crippen LogP contribution < -0.4 is 11.3 Å². The van der Waals surface area contributed by atoms with Gasteiger partial charge < -0.3 is 4.90 Å². The number of hydrogen-bond acceptors (Lipinski definition) is 3. The van der Waals surface area contributed by atoms with Crippen LogP contribution in [-0.4, -0.2) is 30.4 Å². The van der Waals surface area contributed by atoms with Gasteiger partial charge in [0, 0.05) is 19.5 Å². The molecule has 1 rings (SSSR count). The number of hydrogen-bond donors (Lipinski definition) is 2. The van der Waals surface area contributed by atoms with Crippen LogP contribution in [0.5, 0.6) is 0 Å². The van der Waals surface area contributed by atoms with Crippen LogP contribution in [0.3, 0.4) is 0 Å². The predicted molar refractivity (Wildman–Crippen MR) is 70.2 cm³/mol. The van der Waals surface area contributed by atoms with Crippen molar-refractivity contribution >= 4 is 5.91 Å². The van der Waals surface area contributed by atoms with E-state index in [1.165, 1.54) is 32.5 Å². The summed E-state index contributed by atoms with van der Waals surface area (Å²) in [5.41, 5.74) is 2.17. The van der Waals surface area contributed by atoms with Crippen molar-refractivity contribution in [3.63, 3.8) is 0 Å². The first-order valence-electron chi connectivity index (χ1n) is 6.83. The summed E-state index contributed by atoms with van der Waals surface area (Å²) in [6.45, 7) is 8.35. The van der Waals surface area contributed by atoms with Gasteiger partial charge in [-0.05, 0) is 37.6 Å². The molecule has 0 aliphatic carbocycles. The first kappa shape index (κ1) is 14.5. The van der Waals surface area contributed by atoms with Gasteiger partial charge >= 0.3 is 0 Å². The Morgan fingerprint density at radius 3 is 2.47 bits per heavy atom. The number of likely N-dealkylation sites (tertiary alicyclic amines) is 1. The Kier molecular flexibility index (Phi) is 6.52. The SMILES string of the molecule is CC1CC(C)CN(CCCCCC(=O)NN)C1. The molecule has 0 aromatic carbocycles. The summed E-state index contributed by atoms with van der Waals surface area (Å²) in [6, 6.07) is 0. The van der Waals surface area contributed by atoms with E-state index in [0.29, 0.717) is 6.42 Å². The average Bonchev–Trinajstić information content (AvgIpc) is 2.27. The first-order valence-corrected chi connectivity index (χ1v) is 6.83. The summed E-state index contributed by atoms with van der Waals surface area (Å²) in [5, 5.41) is 0. The van der Waals surface area contributed by atoms with Crippen molar-refractivity contribution in [2.24, 2.45) is 17.7 Å². The van der Waals surface area contributed by atoms with Crippen molar-refractivity contribution in [1.29, 1.82) is 0 Å². The van der Waals surface area contributed by atoms with Crippen LogP contribution in [0.2, 0.25) is 0 Å². The normalized spacial score (nSPS) is 25.8. The topological polar surface area (TPSA) is 58.4 Å². The lowest BCUT2D eigenvalue weighted by Gasteiger charge is -2.34. The minimum Gasteiger partial charge on any atom is -0.303 e. The molecule has 1 amide bonds. The van der Waals surface area contributed by atoms with Gasteiger partial charge in [-0.1, -0.05) is 20.3 Å². The number of carbonyl (C=O) groups is 1. The van der Waals surface area contributed by atoms with E-state index >= 15 is 0 Å². The van der Waals surface area contributed by atoms with Crippen LogP contribution in [0.4, 0.5) is 0 Å². The number of carbonyl (C=O) groups excluding carboxylic acids is 1. The molecular formula is C13H27N3O. The minimum atomic E-state index is -0.0507. The highest BCUT2D eigenvalue weighted by molar-refractivity contribution is 5.74. The van der Waals surface area contributed by atoms with Crippen molar-refractivity contribution in [2.75, 3.05) is 19.6 Å². The quantitative estimate of drug-likeness (QED) is 0.321. The van der Waals surface area contributed by atoms with Crippen LogP contribution in [0.1, 0.15) is 46.0 Å². The highest BCUT2D eigenvalue weighted by Crippen LogP contribution is 2.21. The van der Waals surface area contributed by atoms with E-state index in [0.717, 1.165) is 24.7 Å². The van der Waals surface area contributed by atoms with E-state index in [-0.39, 0.29) is 5.91 Å². The second-order valence-electron chi connectivity index (χ2n) is 5.58. The van der Waals surface area contributed by atoms with E-state index in [4.69, 9.17) is 5.84 Å². The zero-order chi connectivity index (χ0) is 12.7. The van der Waals surface area contributed by atoms with Gasteiger partial charge in [-0.2, -0.15) is 0 Å². The number of rotatable bonds is 6. The molecule has 3 N–H and O–H groups in total. The summed E-state index contributed by atoms with van der Waals surface area (Å²) >= 11 is 0. The molecule has 0 bridgehead atoms. The third-order valence-corrected chi connectivity index (χ3v) is 3.48. The van der Waals surface area contributed by atoms with Gasteiger partial charge in [0.2, 0.25) is 5.91 Å². The molecule has 2 unspecified atom stereocenters. The van der Waals surface area contributed by atoms with Crippen molar-refractivity contribution in [2.45, 2.75) is 46.0 Å². The highest BCUT2D eigenvalue weighted by atomic mass is 16.2. The van der Waals surface area contributed by atoms with E-state index in [9.17, 15) is 4.79 Å². The van der Waals surface area contributed by atoms with Crippen LogP contribution in [0.25, 0.3) is 0 Å². The van der Waals surface area contributed by atoms with Gasteiger partial charge in [-0.15, -0.1) is 0 Å². The molecule has 4 nitrogen and oxygen atoms in total. The van der Waals surface area contributed by atoms with Crippen LogP contribution in [-0.2, 0) is 4.79 Å². The van der Waals surface area contributed by atoms with E-state index in [2.05, 4.69) is 24.2 Å². The maximum Gasteiger partial charge on any atom is 0.233 e. The molecule has 0 saturated carbocycles. The second kappa shape index (κ2) is 7.67. The summed E-state index contributed by atoms with van der Waals surface area (Å²) < 4.78 is 0. The molecule has 2 atom stereocenters. The summed E-state index contributed by atoms with van der Waals surface area (Å²) in [6.07, 6.45) is 5.18. The van der Waals surface area contributed by atoms with Crippen molar-refractivity contribution in [3.8, 4) is 0 Å². The second-order valence-corrected chi connectivity index (χ2v) is 5.58. The van der Waals surface area contributed by atoms with E-state index in [1.54, 1.807) is 0 Å². The molecule has 1 heterocycles. The standard InChI is InChI=1S/C13H27N3O/c1-11-8-12(2)10-16(9-11)7-5-3-4-6-13(17)15-14/h11-12H,3-10,14H2,1-2H3,(H,15,17). The van der Waals surface area contributed by atoms with Crippen LogP contribution in [0, 0.1) is 11.8 Å². The zero-order valence-corrected chi connectivity index (χ0v) is 11.2. The number of nitrogens with one attached hydrogen (secondary N) is 1. The van der Waals surface area contributed by atoms with Gasteiger partial charge in [0.05, 0.1) is 0 Å². The minimum absolute atomic E-state index is 0.0507.